The van der Waals surface area contributed by atoms with Crippen LogP contribution >= 0.6 is 0 Å². The van der Waals surface area contributed by atoms with Gasteiger partial charge in [-0.1, -0.05) is 30.3 Å². The molecule has 2 rings (SSSR count). The summed E-state index contributed by atoms with van der Waals surface area (Å²) in [5.41, 5.74) is 0.918. The molecule has 0 radical (unpaired) electrons. The number of carbonyl (C=O) groups is 1. The highest BCUT2D eigenvalue weighted by Crippen LogP contribution is 2.19. The van der Waals surface area contributed by atoms with Crippen LogP contribution in [0, 0.1) is 0 Å². The van der Waals surface area contributed by atoms with Crippen LogP contribution in [0.1, 0.15) is 37.8 Å². The van der Waals surface area contributed by atoms with Crippen LogP contribution in [0.25, 0.3) is 0 Å². The summed E-state index contributed by atoms with van der Waals surface area (Å²) in [7, 11) is -0.708. The van der Waals surface area contributed by atoms with Crippen LogP contribution in [-0.4, -0.2) is 34.3 Å². The molecule has 4 nitrogen and oxygen atoms in total. The van der Waals surface area contributed by atoms with Gasteiger partial charge in [-0.2, -0.15) is 0 Å². The second kappa shape index (κ2) is 8.29. The highest BCUT2D eigenvalue weighted by atomic mass is 32.2. The predicted molar refractivity (Wildman–Crippen MR) is 84.5 cm³/mol. The number of rotatable bonds is 5. The van der Waals surface area contributed by atoms with E-state index in [1.807, 2.05) is 37.3 Å². The minimum absolute atomic E-state index is 0.214. The van der Waals surface area contributed by atoms with Gasteiger partial charge in [0.25, 0.3) is 0 Å². The maximum absolute atomic E-state index is 12.2. The average Bonchev–Trinajstić information content (AvgIpc) is 2.70. The van der Waals surface area contributed by atoms with E-state index < -0.39 is 16.8 Å². The highest BCUT2D eigenvalue weighted by molar-refractivity contribution is 7.84. The van der Waals surface area contributed by atoms with Gasteiger partial charge in [-0.3, -0.25) is 9.53 Å². The van der Waals surface area contributed by atoms with Crippen molar-refractivity contribution in [2.24, 2.45) is 0 Å². The molecule has 5 heteroatoms. The standard InChI is InChI=1S/C16H23NO3S/c1-2-20-16(18)15(13-7-4-3-5-8-13)17-14-9-6-11-21(19)12-10-14/h3-5,7-8,14-15,17H,2,6,9-12H2,1H3/t14?,15-,21?/m1/s1. The molecular weight excluding hydrogens is 286 g/mol. The van der Waals surface area contributed by atoms with E-state index in [1.165, 1.54) is 0 Å². The number of benzene rings is 1. The Morgan fingerprint density at radius 2 is 2.10 bits per heavy atom. The lowest BCUT2D eigenvalue weighted by Gasteiger charge is -2.23. The SMILES string of the molecule is CCOC(=O)[C@H](NC1CCCS(=O)CC1)c1ccccc1. The van der Waals surface area contributed by atoms with E-state index in [9.17, 15) is 9.00 Å². The molecule has 0 aliphatic carbocycles. The van der Waals surface area contributed by atoms with Gasteiger partial charge in [0.05, 0.1) is 6.61 Å². The Balaban J connectivity index is 2.08. The van der Waals surface area contributed by atoms with Crippen molar-refractivity contribution in [3.05, 3.63) is 35.9 Å². The van der Waals surface area contributed by atoms with Gasteiger partial charge >= 0.3 is 5.97 Å². The first-order valence-corrected chi connectivity index (χ1v) is 9.02. The molecule has 0 amide bonds. The molecule has 0 saturated carbocycles. The summed E-state index contributed by atoms with van der Waals surface area (Å²) < 4.78 is 16.8. The molecule has 1 saturated heterocycles. The number of hydrogen-bond donors (Lipinski definition) is 1. The lowest BCUT2D eigenvalue weighted by Crippen LogP contribution is -2.38. The Kier molecular flexibility index (Phi) is 6.39. The van der Waals surface area contributed by atoms with Gasteiger partial charge in [-0.15, -0.1) is 0 Å². The Labute approximate surface area is 128 Å². The van der Waals surface area contributed by atoms with Crippen molar-refractivity contribution in [2.75, 3.05) is 18.1 Å². The molecule has 116 valence electrons. The van der Waals surface area contributed by atoms with Gasteiger partial charge in [0.2, 0.25) is 0 Å². The van der Waals surface area contributed by atoms with Crippen molar-refractivity contribution in [1.29, 1.82) is 0 Å². The monoisotopic (exact) mass is 309 g/mol. The first-order chi connectivity index (χ1) is 10.2. The Hall–Kier alpha value is -1.20. The number of nitrogens with one attached hydrogen (secondary N) is 1. The van der Waals surface area contributed by atoms with Crippen molar-refractivity contribution in [2.45, 2.75) is 38.3 Å². The first kappa shape index (κ1) is 16.2. The highest BCUT2D eigenvalue weighted by Gasteiger charge is 2.26. The topological polar surface area (TPSA) is 55.4 Å². The van der Waals surface area contributed by atoms with Crippen LogP contribution in [0.15, 0.2) is 30.3 Å². The average molecular weight is 309 g/mol. The van der Waals surface area contributed by atoms with Crippen LogP contribution in [0.4, 0.5) is 0 Å². The third-order valence-corrected chi connectivity index (χ3v) is 5.11. The van der Waals surface area contributed by atoms with Crippen molar-refractivity contribution >= 4 is 16.8 Å². The molecule has 1 aromatic rings. The maximum atomic E-state index is 12.2. The quantitative estimate of drug-likeness (QED) is 0.847. The molecule has 3 atom stereocenters. The summed E-state index contributed by atoms with van der Waals surface area (Å²) in [4.78, 5) is 12.2. The first-order valence-electron chi connectivity index (χ1n) is 7.53. The second-order valence-corrected chi connectivity index (χ2v) is 6.93. The lowest BCUT2D eigenvalue weighted by molar-refractivity contribution is -0.146. The van der Waals surface area contributed by atoms with E-state index in [2.05, 4.69) is 5.32 Å². The fourth-order valence-electron chi connectivity index (χ4n) is 2.58. The molecule has 0 spiro atoms. The van der Waals surface area contributed by atoms with Crippen LogP contribution < -0.4 is 5.32 Å². The van der Waals surface area contributed by atoms with Gasteiger partial charge in [-0.05, 0) is 31.7 Å². The summed E-state index contributed by atoms with van der Waals surface area (Å²) in [5, 5.41) is 3.41. The lowest BCUT2D eigenvalue weighted by atomic mass is 10.0. The van der Waals surface area contributed by atoms with Crippen LogP contribution in [0.2, 0.25) is 0 Å². The summed E-state index contributed by atoms with van der Waals surface area (Å²) in [6.45, 7) is 2.19. The number of ether oxygens (including phenoxy) is 1. The molecule has 1 heterocycles. The normalized spacial score (nSPS) is 24.0. The molecule has 1 aliphatic rings. The fourth-order valence-corrected chi connectivity index (χ4v) is 3.82. The predicted octanol–water partition coefficient (Wildman–Crippen LogP) is 2.18. The Bertz CT molecular complexity index is 478. The molecule has 1 fully saturated rings. The molecule has 1 aromatic carbocycles. The molecule has 21 heavy (non-hydrogen) atoms. The Morgan fingerprint density at radius 1 is 1.33 bits per heavy atom. The van der Waals surface area contributed by atoms with Crippen molar-refractivity contribution < 1.29 is 13.7 Å². The van der Waals surface area contributed by atoms with Gasteiger partial charge in [-0.25, -0.2) is 4.79 Å². The zero-order chi connectivity index (χ0) is 15.1. The van der Waals surface area contributed by atoms with Gasteiger partial charge in [0, 0.05) is 28.3 Å². The molecular formula is C16H23NO3S. The molecule has 1 N–H and O–H groups in total. The van der Waals surface area contributed by atoms with Gasteiger partial charge in [0.1, 0.15) is 6.04 Å². The maximum Gasteiger partial charge on any atom is 0.327 e. The summed E-state index contributed by atoms with van der Waals surface area (Å²) >= 11 is 0. The second-order valence-electron chi connectivity index (χ2n) is 5.24. The molecule has 1 aliphatic heterocycles. The summed E-state index contributed by atoms with van der Waals surface area (Å²) in [5.74, 6) is 1.24. The largest absolute Gasteiger partial charge is 0.465 e. The Morgan fingerprint density at radius 3 is 2.81 bits per heavy atom. The van der Waals surface area contributed by atoms with Crippen LogP contribution in [0.3, 0.4) is 0 Å². The number of carbonyl (C=O) groups excluding carboxylic acids is 1. The van der Waals surface area contributed by atoms with E-state index in [0.29, 0.717) is 12.4 Å². The van der Waals surface area contributed by atoms with E-state index in [1.54, 1.807) is 0 Å². The fraction of sp³-hybridized carbons (Fsp3) is 0.562. The van der Waals surface area contributed by atoms with Crippen molar-refractivity contribution in [3.63, 3.8) is 0 Å². The smallest absolute Gasteiger partial charge is 0.327 e. The summed E-state index contributed by atoms with van der Waals surface area (Å²) in [6.07, 6.45) is 2.73. The van der Waals surface area contributed by atoms with Gasteiger partial charge in [0.15, 0.2) is 0 Å². The van der Waals surface area contributed by atoms with E-state index in [0.717, 1.165) is 30.6 Å². The van der Waals surface area contributed by atoms with Crippen molar-refractivity contribution in [1.82, 2.24) is 5.32 Å². The number of hydrogen-bond acceptors (Lipinski definition) is 4. The van der Waals surface area contributed by atoms with Crippen LogP contribution in [-0.2, 0) is 20.3 Å². The molecule has 0 aromatic heterocycles. The minimum Gasteiger partial charge on any atom is -0.465 e. The van der Waals surface area contributed by atoms with Crippen molar-refractivity contribution in [3.8, 4) is 0 Å². The molecule has 0 bridgehead atoms. The zero-order valence-corrected chi connectivity index (χ0v) is 13.2. The van der Waals surface area contributed by atoms with Crippen LogP contribution in [0.5, 0.6) is 0 Å². The third-order valence-electron chi connectivity index (χ3n) is 3.68. The van der Waals surface area contributed by atoms with Gasteiger partial charge < -0.3 is 4.74 Å². The van der Waals surface area contributed by atoms with E-state index in [-0.39, 0.29) is 12.0 Å². The minimum atomic E-state index is -0.708. The molecule has 2 unspecified atom stereocenters. The zero-order valence-electron chi connectivity index (χ0n) is 12.4. The summed E-state index contributed by atoms with van der Waals surface area (Å²) in [6, 6.07) is 9.42. The third kappa shape index (κ3) is 4.93. The van der Waals surface area contributed by atoms with E-state index >= 15 is 0 Å². The number of esters is 1. The van der Waals surface area contributed by atoms with E-state index in [4.69, 9.17) is 4.74 Å².